The van der Waals surface area contributed by atoms with Crippen molar-refractivity contribution in [3.05, 3.63) is 66.0 Å². The highest BCUT2D eigenvalue weighted by molar-refractivity contribution is 7.80. The lowest BCUT2D eigenvalue weighted by Crippen LogP contribution is -2.37. The van der Waals surface area contributed by atoms with Crippen LogP contribution in [-0.2, 0) is 6.42 Å². The minimum absolute atomic E-state index is 0.244. The third-order valence-electron chi connectivity index (χ3n) is 5.11. The van der Waals surface area contributed by atoms with Crippen LogP contribution in [0.25, 0.3) is 0 Å². The van der Waals surface area contributed by atoms with Crippen molar-refractivity contribution in [2.75, 3.05) is 31.5 Å². The minimum Gasteiger partial charge on any atom is -0.362 e. The number of halogens is 1. The Morgan fingerprint density at radius 3 is 2.44 bits per heavy atom. The number of thiocarbonyl (C=S) groups is 1. The molecule has 0 saturated carbocycles. The first kappa shape index (κ1) is 19.8. The number of piperidine rings is 1. The summed E-state index contributed by atoms with van der Waals surface area (Å²) in [7, 11) is 0. The molecule has 3 nitrogen and oxygen atoms in total. The van der Waals surface area contributed by atoms with Crippen molar-refractivity contribution in [3.8, 4) is 0 Å². The van der Waals surface area contributed by atoms with Crippen LogP contribution in [0.4, 0.5) is 10.1 Å². The number of anilines is 1. The summed E-state index contributed by atoms with van der Waals surface area (Å²) in [4.78, 5) is 2.56. The Kier molecular flexibility index (Phi) is 7.60. The van der Waals surface area contributed by atoms with Gasteiger partial charge in [0.2, 0.25) is 0 Å². The van der Waals surface area contributed by atoms with Gasteiger partial charge in [0, 0.05) is 12.2 Å². The summed E-state index contributed by atoms with van der Waals surface area (Å²) in [6.07, 6.45) is 4.84. The molecule has 1 fully saturated rings. The van der Waals surface area contributed by atoms with Crippen molar-refractivity contribution < 1.29 is 4.39 Å². The number of hydrogen-bond acceptors (Lipinski definition) is 2. The average Bonchev–Trinajstić information content (AvgIpc) is 2.69. The van der Waals surface area contributed by atoms with E-state index in [-0.39, 0.29) is 5.82 Å². The van der Waals surface area contributed by atoms with Gasteiger partial charge >= 0.3 is 0 Å². The first-order valence-corrected chi connectivity index (χ1v) is 10.2. The number of hydrogen-bond donors (Lipinski definition) is 2. The molecule has 0 bridgehead atoms. The van der Waals surface area contributed by atoms with E-state index in [1.165, 1.54) is 50.0 Å². The van der Waals surface area contributed by atoms with Gasteiger partial charge in [-0.15, -0.1) is 0 Å². The Morgan fingerprint density at radius 1 is 1.04 bits per heavy atom. The normalized spacial score (nSPS) is 15.4. The quantitative estimate of drug-likeness (QED) is 0.544. The molecule has 2 aromatic rings. The zero-order valence-corrected chi connectivity index (χ0v) is 16.5. The van der Waals surface area contributed by atoms with Crippen LogP contribution in [0.1, 0.15) is 24.8 Å². The van der Waals surface area contributed by atoms with Crippen molar-refractivity contribution in [2.45, 2.75) is 25.7 Å². The van der Waals surface area contributed by atoms with Crippen LogP contribution in [-0.4, -0.2) is 36.2 Å². The van der Waals surface area contributed by atoms with Crippen molar-refractivity contribution in [2.24, 2.45) is 5.92 Å². The molecule has 5 heteroatoms. The molecule has 27 heavy (non-hydrogen) atoms. The molecule has 1 saturated heterocycles. The molecule has 2 N–H and O–H groups in total. The topological polar surface area (TPSA) is 27.3 Å². The molecule has 0 atom stereocenters. The lowest BCUT2D eigenvalue weighted by molar-refractivity contribution is 0.183. The van der Waals surface area contributed by atoms with Gasteiger partial charge in [0.25, 0.3) is 0 Å². The van der Waals surface area contributed by atoms with E-state index in [4.69, 9.17) is 12.2 Å². The summed E-state index contributed by atoms with van der Waals surface area (Å²) >= 11 is 5.29. The summed E-state index contributed by atoms with van der Waals surface area (Å²) in [6.45, 7) is 4.33. The van der Waals surface area contributed by atoms with Gasteiger partial charge in [0.05, 0.1) is 0 Å². The summed E-state index contributed by atoms with van der Waals surface area (Å²) in [5, 5.41) is 6.89. The number of nitrogens with zero attached hydrogens (tertiary/aromatic N) is 1. The third kappa shape index (κ3) is 6.92. The van der Waals surface area contributed by atoms with Crippen LogP contribution in [0.3, 0.4) is 0 Å². The molecule has 0 aromatic heterocycles. The highest BCUT2D eigenvalue weighted by atomic mass is 32.1. The second-order valence-electron chi connectivity index (χ2n) is 7.22. The van der Waals surface area contributed by atoms with Crippen molar-refractivity contribution in [1.29, 1.82) is 0 Å². The summed E-state index contributed by atoms with van der Waals surface area (Å²) in [5.41, 5.74) is 2.26. The molecule has 1 aliphatic heterocycles. The fourth-order valence-corrected chi connectivity index (χ4v) is 3.79. The average molecular weight is 386 g/mol. The third-order valence-corrected chi connectivity index (χ3v) is 5.36. The minimum atomic E-state index is -0.244. The van der Waals surface area contributed by atoms with E-state index >= 15 is 0 Å². The van der Waals surface area contributed by atoms with Crippen LogP contribution in [0.2, 0.25) is 0 Å². The summed E-state index contributed by atoms with van der Waals surface area (Å²) in [5.74, 6) is 0.571. The predicted molar refractivity (Wildman–Crippen MR) is 115 cm³/mol. The van der Waals surface area contributed by atoms with Gasteiger partial charge in [-0.05, 0) is 93.3 Å². The zero-order chi connectivity index (χ0) is 18.9. The fraction of sp³-hybridized carbons (Fsp3) is 0.409. The highest BCUT2D eigenvalue weighted by Crippen LogP contribution is 2.21. The lowest BCUT2D eigenvalue weighted by atomic mass is 9.90. The molecule has 0 amide bonds. The molecule has 0 spiro atoms. The maximum absolute atomic E-state index is 12.9. The van der Waals surface area contributed by atoms with E-state index in [9.17, 15) is 4.39 Å². The van der Waals surface area contributed by atoms with Gasteiger partial charge in [-0.2, -0.15) is 0 Å². The molecular formula is C22H28FN3S. The number of rotatable bonds is 7. The maximum atomic E-state index is 12.9. The second-order valence-corrected chi connectivity index (χ2v) is 7.62. The Bertz CT molecular complexity index is 697. The van der Waals surface area contributed by atoms with Crippen LogP contribution in [0.5, 0.6) is 0 Å². The van der Waals surface area contributed by atoms with Crippen LogP contribution in [0, 0.1) is 11.7 Å². The van der Waals surface area contributed by atoms with Crippen LogP contribution >= 0.6 is 12.2 Å². The van der Waals surface area contributed by atoms with Crippen LogP contribution < -0.4 is 10.6 Å². The first-order chi connectivity index (χ1) is 13.2. The molecule has 1 aliphatic rings. The lowest BCUT2D eigenvalue weighted by Gasteiger charge is -2.32. The van der Waals surface area contributed by atoms with E-state index in [1.807, 2.05) is 0 Å². The number of likely N-dealkylation sites (tertiary alicyclic amines) is 1. The predicted octanol–water partition coefficient (Wildman–Crippen LogP) is 4.46. The maximum Gasteiger partial charge on any atom is 0.170 e. The van der Waals surface area contributed by atoms with E-state index in [0.29, 0.717) is 5.11 Å². The second kappa shape index (κ2) is 10.4. The van der Waals surface area contributed by atoms with E-state index < -0.39 is 0 Å². The first-order valence-electron chi connectivity index (χ1n) is 9.76. The van der Waals surface area contributed by atoms with Gasteiger partial charge in [0.1, 0.15) is 5.82 Å². The Hall–Kier alpha value is -1.98. The van der Waals surface area contributed by atoms with Gasteiger partial charge in [-0.1, -0.05) is 30.3 Å². The molecule has 0 radical (unpaired) electrons. The van der Waals surface area contributed by atoms with Gasteiger partial charge in [-0.25, -0.2) is 4.39 Å². The van der Waals surface area contributed by atoms with Gasteiger partial charge < -0.3 is 15.5 Å². The number of benzene rings is 2. The van der Waals surface area contributed by atoms with E-state index in [2.05, 4.69) is 45.9 Å². The number of nitrogens with one attached hydrogen (secondary N) is 2. The molecule has 144 valence electrons. The van der Waals surface area contributed by atoms with Crippen molar-refractivity contribution >= 4 is 23.0 Å². The largest absolute Gasteiger partial charge is 0.362 e. The molecular weight excluding hydrogens is 357 g/mol. The molecule has 0 aliphatic carbocycles. The molecule has 1 heterocycles. The highest BCUT2D eigenvalue weighted by Gasteiger charge is 2.18. The van der Waals surface area contributed by atoms with Crippen molar-refractivity contribution in [1.82, 2.24) is 10.2 Å². The zero-order valence-electron chi connectivity index (χ0n) is 15.7. The SMILES string of the molecule is Fc1ccc(NC(=S)NCCCN2CCC(Cc3ccccc3)CC2)cc1. The smallest absolute Gasteiger partial charge is 0.170 e. The molecule has 3 rings (SSSR count). The van der Waals surface area contributed by atoms with Crippen LogP contribution in [0.15, 0.2) is 54.6 Å². The summed E-state index contributed by atoms with van der Waals surface area (Å²) in [6, 6.07) is 17.0. The van der Waals surface area contributed by atoms with Gasteiger partial charge in [0.15, 0.2) is 5.11 Å². The van der Waals surface area contributed by atoms with Gasteiger partial charge in [-0.3, -0.25) is 0 Å². The Labute approximate surface area is 167 Å². The van der Waals surface area contributed by atoms with Crippen molar-refractivity contribution in [3.63, 3.8) is 0 Å². The molecule has 0 unspecified atom stereocenters. The Morgan fingerprint density at radius 2 is 1.74 bits per heavy atom. The monoisotopic (exact) mass is 385 g/mol. The molecule has 2 aromatic carbocycles. The van der Waals surface area contributed by atoms with E-state index in [0.717, 1.165) is 31.1 Å². The standard InChI is InChI=1S/C22H28FN3S/c23-20-7-9-21(10-8-20)25-22(27)24-13-4-14-26-15-11-19(12-16-26)17-18-5-2-1-3-6-18/h1-3,5-10,19H,4,11-17H2,(H2,24,25,27). The summed E-state index contributed by atoms with van der Waals surface area (Å²) < 4.78 is 12.9. The fourth-order valence-electron chi connectivity index (χ4n) is 3.57. The van der Waals surface area contributed by atoms with E-state index in [1.54, 1.807) is 12.1 Å². The Balaban J connectivity index is 1.27.